The fourth-order valence-corrected chi connectivity index (χ4v) is 3.31. The molecule has 0 unspecified atom stereocenters. The fraction of sp³-hybridized carbons (Fsp3) is 0.125. The number of aromatic nitrogens is 3. The zero-order valence-electron chi connectivity index (χ0n) is 7.57. The van der Waals surface area contributed by atoms with Crippen LogP contribution in [0.3, 0.4) is 0 Å². The molecule has 0 N–H and O–H groups in total. The minimum absolute atomic E-state index is 0.613. The number of nitrogens with zero attached hydrogens (tertiary/aromatic N) is 3. The van der Waals surface area contributed by atoms with E-state index in [2.05, 4.69) is 31.1 Å². The number of pyridine rings is 1. The van der Waals surface area contributed by atoms with Gasteiger partial charge in [-0.25, -0.2) is 4.98 Å². The van der Waals surface area contributed by atoms with Gasteiger partial charge in [0.2, 0.25) is 0 Å². The molecule has 0 aliphatic heterocycles. The van der Waals surface area contributed by atoms with Gasteiger partial charge < -0.3 is 0 Å². The Morgan fingerprint density at radius 1 is 1.47 bits per heavy atom. The fourth-order valence-electron chi connectivity index (χ4n) is 0.879. The Morgan fingerprint density at radius 2 is 2.27 bits per heavy atom. The normalized spacial score (nSPS) is 10.6. The second kappa shape index (κ2) is 4.78. The third-order valence-electron chi connectivity index (χ3n) is 1.47. The summed E-state index contributed by atoms with van der Waals surface area (Å²) >= 11 is 12.3. The van der Waals surface area contributed by atoms with Crippen molar-refractivity contribution < 1.29 is 0 Å². The Labute approximate surface area is 108 Å². The first-order valence-corrected chi connectivity index (χ1v) is 6.74. The molecule has 7 heteroatoms. The molecule has 2 rings (SSSR count). The average Bonchev–Trinajstić information content (AvgIpc) is 2.56. The molecule has 0 radical (unpaired) electrons. The molecule has 0 atom stereocenters. The van der Waals surface area contributed by atoms with Crippen LogP contribution in [0.2, 0.25) is 5.02 Å². The van der Waals surface area contributed by atoms with E-state index >= 15 is 0 Å². The largest absolute Gasteiger partial charge is 0.247 e. The highest BCUT2D eigenvalue weighted by molar-refractivity contribution is 9.10. The molecule has 0 amide bonds. The van der Waals surface area contributed by atoms with Crippen molar-refractivity contribution >= 4 is 50.6 Å². The zero-order chi connectivity index (χ0) is 10.8. The summed E-state index contributed by atoms with van der Waals surface area (Å²) in [6, 6.07) is 1.81. The van der Waals surface area contributed by atoms with Crippen molar-refractivity contribution in [2.75, 3.05) is 0 Å². The van der Waals surface area contributed by atoms with Crippen LogP contribution in [0.15, 0.2) is 26.1 Å². The Kier molecular flexibility index (Phi) is 3.60. The van der Waals surface area contributed by atoms with Crippen molar-refractivity contribution in [3.63, 3.8) is 0 Å². The van der Waals surface area contributed by atoms with E-state index in [0.717, 1.165) is 18.8 Å². The smallest absolute Gasteiger partial charge is 0.180 e. The summed E-state index contributed by atoms with van der Waals surface area (Å²) in [5.41, 5.74) is 0. The molecule has 78 valence electrons. The average molecular weight is 323 g/mol. The van der Waals surface area contributed by atoms with Gasteiger partial charge in [-0.15, -0.1) is 10.2 Å². The van der Waals surface area contributed by atoms with E-state index in [-0.39, 0.29) is 0 Å². The molecular formula is C8H5BrClN3S2. The van der Waals surface area contributed by atoms with Crippen molar-refractivity contribution in [2.24, 2.45) is 0 Å². The van der Waals surface area contributed by atoms with Crippen molar-refractivity contribution in [1.82, 2.24) is 15.2 Å². The van der Waals surface area contributed by atoms with Gasteiger partial charge in [-0.3, -0.25) is 0 Å². The molecule has 0 saturated carbocycles. The SMILES string of the molecule is Cc1nnc(Sc2ncc(Br)cc2Cl)s1. The van der Waals surface area contributed by atoms with E-state index < -0.39 is 0 Å². The third kappa shape index (κ3) is 2.90. The molecule has 15 heavy (non-hydrogen) atoms. The Balaban J connectivity index is 2.24. The zero-order valence-corrected chi connectivity index (χ0v) is 11.5. The number of hydrogen-bond donors (Lipinski definition) is 0. The van der Waals surface area contributed by atoms with Crippen LogP contribution in [0.1, 0.15) is 5.01 Å². The van der Waals surface area contributed by atoms with Gasteiger partial charge in [0.05, 0.1) is 5.02 Å². The van der Waals surface area contributed by atoms with Crippen LogP contribution in [-0.4, -0.2) is 15.2 Å². The Bertz CT molecular complexity index is 488. The highest BCUT2D eigenvalue weighted by atomic mass is 79.9. The van der Waals surface area contributed by atoms with E-state index in [1.54, 1.807) is 6.20 Å². The van der Waals surface area contributed by atoms with E-state index in [1.165, 1.54) is 23.1 Å². The predicted molar refractivity (Wildman–Crippen MR) is 65.7 cm³/mol. The molecule has 0 aliphatic rings. The Hall–Kier alpha value is -0.170. The predicted octanol–water partition coefficient (Wildman–Crippen LogP) is 3.81. The van der Waals surface area contributed by atoms with E-state index in [9.17, 15) is 0 Å². The molecule has 0 aliphatic carbocycles. The summed E-state index contributed by atoms with van der Waals surface area (Å²) < 4.78 is 1.72. The van der Waals surface area contributed by atoms with Crippen molar-refractivity contribution in [1.29, 1.82) is 0 Å². The van der Waals surface area contributed by atoms with Gasteiger partial charge >= 0.3 is 0 Å². The van der Waals surface area contributed by atoms with Gasteiger partial charge in [0.1, 0.15) is 10.0 Å². The maximum absolute atomic E-state index is 6.03. The van der Waals surface area contributed by atoms with Crippen molar-refractivity contribution in [3.8, 4) is 0 Å². The first-order chi connectivity index (χ1) is 7.15. The molecule has 0 saturated heterocycles. The second-order valence-electron chi connectivity index (χ2n) is 2.63. The van der Waals surface area contributed by atoms with Crippen LogP contribution in [0.4, 0.5) is 0 Å². The molecule has 0 aromatic carbocycles. The second-order valence-corrected chi connectivity index (χ2v) is 6.37. The van der Waals surface area contributed by atoms with Crippen LogP contribution in [0, 0.1) is 6.92 Å². The van der Waals surface area contributed by atoms with Gasteiger partial charge in [0, 0.05) is 10.7 Å². The summed E-state index contributed by atoms with van der Waals surface area (Å²) in [6.45, 7) is 1.92. The molecular weight excluding hydrogens is 318 g/mol. The van der Waals surface area contributed by atoms with Crippen LogP contribution in [0.25, 0.3) is 0 Å². The van der Waals surface area contributed by atoms with E-state index in [0.29, 0.717) is 5.02 Å². The quantitative estimate of drug-likeness (QED) is 0.843. The number of hydrogen-bond acceptors (Lipinski definition) is 5. The van der Waals surface area contributed by atoms with Gasteiger partial charge in [-0.2, -0.15) is 0 Å². The summed E-state index contributed by atoms with van der Waals surface area (Å²) in [5, 5.41) is 10.2. The summed E-state index contributed by atoms with van der Waals surface area (Å²) in [6.07, 6.45) is 1.71. The van der Waals surface area contributed by atoms with E-state index in [1.807, 2.05) is 13.0 Å². The number of halogens is 2. The lowest BCUT2D eigenvalue weighted by atomic mass is 10.5. The van der Waals surface area contributed by atoms with Crippen LogP contribution in [0.5, 0.6) is 0 Å². The number of aryl methyl sites for hydroxylation is 1. The third-order valence-corrected chi connectivity index (χ3v) is 4.21. The van der Waals surface area contributed by atoms with Crippen molar-refractivity contribution in [3.05, 3.63) is 26.8 Å². The van der Waals surface area contributed by atoms with Crippen LogP contribution in [-0.2, 0) is 0 Å². The Morgan fingerprint density at radius 3 is 2.87 bits per heavy atom. The van der Waals surface area contributed by atoms with Crippen molar-refractivity contribution in [2.45, 2.75) is 16.3 Å². The van der Waals surface area contributed by atoms with Gasteiger partial charge in [-0.05, 0) is 40.7 Å². The lowest BCUT2D eigenvalue weighted by molar-refractivity contribution is 0.980. The van der Waals surface area contributed by atoms with Gasteiger partial charge in [0.15, 0.2) is 4.34 Å². The first-order valence-electron chi connectivity index (χ1n) is 3.94. The van der Waals surface area contributed by atoms with E-state index in [4.69, 9.17) is 11.6 Å². The highest BCUT2D eigenvalue weighted by Crippen LogP contribution is 2.34. The summed E-state index contributed by atoms with van der Waals surface area (Å²) in [7, 11) is 0. The maximum atomic E-state index is 6.03. The summed E-state index contributed by atoms with van der Waals surface area (Å²) in [5.74, 6) is 0. The lowest BCUT2D eigenvalue weighted by Gasteiger charge is -1.99. The van der Waals surface area contributed by atoms with Crippen LogP contribution < -0.4 is 0 Å². The minimum atomic E-state index is 0.613. The maximum Gasteiger partial charge on any atom is 0.180 e. The molecule has 3 nitrogen and oxygen atoms in total. The minimum Gasteiger partial charge on any atom is -0.247 e. The van der Waals surface area contributed by atoms with Crippen LogP contribution >= 0.6 is 50.6 Å². The molecule has 0 bridgehead atoms. The first kappa shape index (κ1) is 11.3. The molecule has 0 fully saturated rings. The lowest BCUT2D eigenvalue weighted by Crippen LogP contribution is -1.81. The highest BCUT2D eigenvalue weighted by Gasteiger charge is 2.08. The molecule has 0 spiro atoms. The standard InChI is InChI=1S/C8H5BrClN3S2/c1-4-12-13-8(14-4)15-7-6(10)2-5(9)3-11-7/h2-3H,1H3. The molecule has 2 aromatic heterocycles. The molecule has 2 aromatic rings. The number of rotatable bonds is 2. The topological polar surface area (TPSA) is 38.7 Å². The molecule has 2 heterocycles. The summed E-state index contributed by atoms with van der Waals surface area (Å²) in [4.78, 5) is 4.21. The monoisotopic (exact) mass is 321 g/mol. The van der Waals surface area contributed by atoms with Gasteiger partial charge in [-0.1, -0.05) is 22.9 Å². The van der Waals surface area contributed by atoms with Gasteiger partial charge in [0.25, 0.3) is 0 Å².